The molecule has 4 heteroatoms. The lowest BCUT2D eigenvalue weighted by atomic mass is 9.98. The molecule has 0 aliphatic carbocycles. The van der Waals surface area contributed by atoms with Crippen LogP contribution >= 0.6 is 0 Å². The Hall–Kier alpha value is -1.97. The van der Waals surface area contributed by atoms with Gasteiger partial charge in [0.15, 0.2) is 0 Å². The van der Waals surface area contributed by atoms with Crippen molar-refractivity contribution in [2.75, 3.05) is 0 Å². The van der Waals surface area contributed by atoms with Crippen LogP contribution in [0.25, 0.3) is 0 Å². The Morgan fingerprint density at radius 3 is 3.20 bits per heavy atom. The van der Waals surface area contributed by atoms with Gasteiger partial charge < -0.3 is 4.42 Å². The molecule has 2 aliphatic heterocycles. The zero-order valence-electron chi connectivity index (χ0n) is 7.88. The number of rotatable bonds is 1. The van der Waals surface area contributed by atoms with Crippen LogP contribution in [0.4, 0.5) is 0 Å². The molecular weight excluding hydrogens is 192 g/mol. The molecule has 1 atom stereocenters. The van der Waals surface area contributed by atoms with Crippen molar-refractivity contribution in [3.8, 4) is 0 Å². The van der Waals surface area contributed by atoms with Crippen LogP contribution in [0.3, 0.4) is 0 Å². The fourth-order valence-corrected chi connectivity index (χ4v) is 1.85. The summed E-state index contributed by atoms with van der Waals surface area (Å²) in [6.07, 6.45) is 6.99. The molecule has 0 spiro atoms. The quantitative estimate of drug-likeness (QED) is 0.692. The van der Waals surface area contributed by atoms with Crippen LogP contribution in [0.15, 0.2) is 44.3 Å². The molecule has 15 heavy (non-hydrogen) atoms. The Morgan fingerprint density at radius 1 is 1.47 bits per heavy atom. The number of furan rings is 1. The average molecular weight is 200 g/mol. The third-order valence-electron chi connectivity index (χ3n) is 2.59. The molecule has 3 heterocycles. The SMILES string of the molecule is O=C1C=NC(c2ccoc2)C2=C1CC=N2. The van der Waals surface area contributed by atoms with Gasteiger partial charge in [0, 0.05) is 23.8 Å². The summed E-state index contributed by atoms with van der Waals surface area (Å²) in [5, 5.41) is 0. The second-order valence-electron chi connectivity index (χ2n) is 3.48. The van der Waals surface area contributed by atoms with Gasteiger partial charge in [0.2, 0.25) is 5.78 Å². The normalized spacial score (nSPS) is 23.7. The van der Waals surface area contributed by atoms with Gasteiger partial charge in [0.05, 0.1) is 24.4 Å². The molecule has 1 unspecified atom stereocenters. The van der Waals surface area contributed by atoms with Gasteiger partial charge in [-0.25, -0.2) is 0 Å². The maximum absolute atomic E-state index is 11.5. The van der Waals surface area contributed by atoms with E-state index in [0.29, 0.717) is 6.42 Å². The van der Waals surface area contributed by atoms with Crippen molar-refractivity contribution in [2.45, 2.75) is 12.5 Å². The lowest BCUT2D eigenvalue weighted by Crippen LogP contribution is -2.13. The van der Waals surface area contributed by atoms with E-state index in [-0.39, 0.29) is 11.8 Å². The number of hydrogen-bond donors (Lipinski definition) is 0. The molecule has 74 valence electrons. The van der Waals surface area contributed by atoms with Crippen molar-refractivity contribution >= 4 is 18.2 Å². The number of ketones is 1. The van der Waals surface area contributed by atoms with Crippen LogP contribution in [-0.2, 0) is 4.79 Å². The first-order chi connectivity index (χ1) is 7.36. The summed E-state index contributed by atoms with van der Waals surface area (Å²) in [5.74, 6) is -0.0257. The summed E-state index contributed by atoms with van der Waals surface area (Å²) < 4.78 is 5.01. The molecule has 1 aromatic heterocycles. The van der Waals surface area contributed by atoms with Crippen molar-refractivity contribution in [3.05, 3.63) is 35.4 Å². The minimum atomic E-state index is -0.171. The van der Waals surface area contributed by atoms with Gasteiger partial charge in [-0.3, -0.25) is 14.8 Å². The Balaban J connectivity index is 2.08. The summed E-state index contributed by atoms with van der Waals surface area (Å²) >= 11 is 0. The van der Waals surface area contributed by atoms with Crippen LogP contribution in [0, 0.1) is 0 Å². The van der Waals surface area contributed by atoms with Crippen LogP contribution in [0.5, 0.6) is 0 Å². The number of carbonyl (C=O) groups is 1. The molecule has 0 radical (unpaired) electrons. The fourth-order valence-electron chi connectivity index (χ4n) is 1.85. The molecule has 0 aromatic carbocycles. The Bertz CT molecular complexity index is 495. The molecule has 2 aliphatic rings. The summed E-state index contributed by atoms with van der Waals surface area (Å²) in [7, 11) is 0. The number of nitrogens with zero attached hydrogens (tertiary/aromatic N) is 2. The number of allylic oxidation sites excluding steroid dienone is 1. The maximum Gasteiger partial charge on any atom is 0.201 e. The second-order valence-corrected chi connectivity index (χ2v) is 3.48. The summed E-state index contributed by atoms with van der Waals surface area (Å²) in [6, 6.07) is 1.67. The second kappa shape index (κ2) is 3.02. The molecule has 0 saturated heterocycles. The van der Waals surface area contributed by atoms with E-state index < -0.39 is 0 Å². The molecule has 1 aromatic rings. The minimum Gasteiger partial charge on any atom is -0.472 e. The summed E-state index contributed by atoms with van der Waals surface area (Å²) in [5.41, 5.74) is 2.46. The van der Waals surface area contributed by atoms with Gasteiger partial charge in [-0.2, -0.15) is 0 Å². The van der Waals surface area contributed by atoms with Crippen molar-refractivity contribution in [2.24, 2.45) is 9.98 Å². The first-order valence-corrected chi connectivity index (χ1v) is 4.71. The number of aliphatic imine (C=N–C) groups is 2. The third kappa shape index (κ3) is 1.18. The van der Waals surface area contributed by atoms with Crippen LogP contribution < -0.4 is 0 Å². The smallest absolute Gasteiger partial charge is 0.201 e. The molecule has 0 bridgehead atoms. The van der Waals surface area contributed by atoms with E-state index in [2.05, 4.69) is 9.98 Å². The van der Waals surface area contributed by atoms with Gasteiger partial charge in [0.25, 0.3) is 0 Å². The van der Waals surface area contributed by atoms with Crippen LogP contribution in [-0.4, -0.2) is 18.2 Å². The molecule has 4 nitrogen and oxygen atoms in total. The Morgan fingerprint density at radius 2 is 2.40 bits per heavy atom. The van der Waals surface area contributed by atoms with Gasteiger partial charge in [-0.15, -0.1) is 0 Å². The summed E-state index contributed by atoms with van der Waals surface area (Å²) in [6.45, 7) is 0. The van der Waals surface area contributed by atoms with E-state index in [4.69, 9.17) is 4.42 Å². The van der Waals surface area contributed by atoms with E-state index in [1.54, 1.807) is 18.7 Å². The van der Waals surface area contributed by atoms with Gasteiger partial charge in [0.1, 0.15) is 6.04 Å². The fraction of sp³-hybridized carbons (Fsp3) is 0.182. The average Bonchev–Trinajstić information content (AvgIpc) is 2.88. The van der Waals surface area contributed by atoms with Gasteiger partial charge >= 0.3 is 0 Å². The van der Waals surface area contributed by atoms with E-state index in [0.717, 1.165) is 16.8 Å². The minimum absolute atomic E-state index is 0.0257. The number of Topliss-reactive ketones (excluding diaryl/α,β-unsaturated/α-hetero) is 1. The lowest BCUT2D eigenvalue weighted by molar-refractivity contribution is -0.109. The monoisotopic (exact) mass is 200 g/mol. The van der Waals surface area contributed by atoms with Crippen LogP contribution in [0.1, 0.15) is 18.0 Å². The number of carbonyl (C=O) groups excluding carboxylic acids is 1. The highest BCUT2D eigenvalue weighted by Crippen LogP contribution is 2.35. The maximum atomic E-state index is 11.5. The van der Waals surface area contributed by atoms with Crippen molar-refractivity contribution < 1.29 is 9.21 Å². The first kappa shape index (κ1) is 8.35. The van der Waals surface area contributed by atoms with Crippen molar-refractivity contribution in [3.63, 3.8) is 0 Å². The highest BCUT2D eigenvalue weighted by Gasteiger charge is 2.28. The largest absolute Gasteiger partial charge is 0.472 e. The number of hydrogen-bond acceptors (Lipinski definition) is 4. The zero-order valence-corrected chi connectivity index (χ0v) is 7.88. The van der Waals surface area contributed by atoms with E-state index in [1.807, 2.05) is 6.07 Å². The Kier molecular flexibility index (Phi) is 1.68. The first-order valence-electron chi connectivity index (χ1n) is 4.71. The Labute approximate surface area is 86.0 Å². The molecule has 3 rings (SSSR count). The topological polar surface area (TPSA) is 54.9 Å². The third-order valence-corrected chi connectivity index (χ3v) is 2.59. The predicted octanol–water partition coefficient (Wildman–Crippen LogP) is 1.70. The molecule has 0 fully saturated rings. The van der Waals surface area contributed by atoms with E-state index in [1.165, 1.54) is 6.21 Å². The van der Waals surface area contributed by atoms with Crippen molar-refractivity contribution in [1.29, 1.82) is 0 Å². The van der Waals surface area contributed by atoms with Crippen LogP contribution in [0.2, 0.25) is 0 Å². The van der Waals surface area contributed by atoms with Crippen molar-refractivity contribution in [1.82, 2.24) is 0 Å². The molecular formula is C11H8N2O2. The number of dihydropyridines is 1. The lowest BCUT2D eigenvalue weighted by Gasteiger charge is -2.15. The molecule has 0 amide bonds. The highest BCUT2D eigenvalue weighted by atomic mass is 16.3. The zero-order chi connectivity index (χ0) is 10.3. The predicted molar refractivity (Wildman–Crippen MR) is 55.1 cm³/mol. The molecule has 0 N–H and O–H groups in total. The van der Waals surface area contributed by atoms with E-state index >= 15 is 0 Å². The highest BCUT2D eigenvalue weighted by molar-refractivity contribution is 6.37. The van der Waals surface area contributed by atoms with Gasteiger partial charge in [-0.05, 0) is 6.07 Å². The molecule has 0 saturated carbocycles. The van der Waals surface area contributed by atoms with E-state index in [9.17, 15) is 4.79 Å². The standard InChI is InChI=1S/C11H8N2O2/c14-9-5-13-10(7-2-4-15-6-7)11-8(9)1-3-12-11/h2-6,10H,1H2. The summed E-state index contributed by atoms with van der Waals surface area (Å²) in [4.78, 5) is 19.9. The van der Waals surface area contributed by atoms with Gasteiger partial charge in [-0.1, -0.05) is 0 Å².